The lowest BCUT2D eigenvalue weighted by molar-refractivity contribution is 0.975. The van der Waals surface area contributed by atoms with Crippen molar-refractivity contribution in [2.45, 2.75) is 5.16 Å². The van der Waals surface area contributed by atoms with E-state index >= 15 is 0 Å². The Hall–Kier alpha value is -1.42. The van der Waals surface area contributed by atoms with Crippen molar-refractivity contribution in [1.29, 1.82) is 0 Å². The predicted octanol–water partition coefficient (Wildman–Crippen LogP) is 2.26. The van der Waals surface area contributed by atoms with Crippen LogP contribution in [0.4, 0.5) is 0 Å². The molecule has 0 spiro atoms. The molecule has 0 aliphatic carbocycles. The molecule has 0 bridgehead atoms. The summed E-state index contributed by atoms with van der Waals surface area (Å²) in [6.07, 6.45) is 7.27. The first-order valence-corrected chi connectivity index (χ1v) is 5.40. The summed E-state index contributed by atoms with van der Waals surface area (Å²) in [5.74, 6) is 0. The van der Waals surface area contributed by atoms with Crippen LogP contribution in [0.1, 0.15) is 0 Å². The van der Waals surface area contributed by atoms with Crippen LogP contribution in [0.3, 0.4) is 0 Å². The molecule has 0 aliphatic heterocycles. The molecule has 0 amide bonds. The molecule has 70 valence electrons. The van der Waals surface area contributed by atoms with E-state index in [9.17, 15) is 0 Å². The van der Waals surface area contributed by atoms with Gasteiger partial charge in [-0.3, -0.25) is 4.98 Å². The second-order valence-corrected chi connectivity index (χ2v) is 3.44. The van der Waals surface area contributed by atoms with E-state index in [1.165, 1.54) is 11.8 Å². The zero-order valence-electron chi connectivity index (χ0n) is 7.71. The molecule has 2 rings (SSSR count). The number of rotatable bonds is 2. The lowest BCUT2D eigenvalue weighted by Gasteiger charge is -2.00. The molecule has 0 aliphatic rings. The number of nitrogens with zero attached hydrogens (tertiary/aromatic N) is 3. The third-order valence-electron chi connectivity index (χ3n) is 1.77. The lowest BCUT2D eigenvalue weighted by atomic mass is 10.2. The summed E-state index contributed by atoms with van der Waals surface area (Å²) < 4.78 is 0. The van der Waals surface area contributed by atoms with Gasteiger partial charge in [0.25, 0.3) is 0 Å². The van der Waals surface area contributed by atoms with Crippen LogP contribution in [0, 0.1) is 0 Å². The Morgan fingerprint density at radius 1 is 1.21 bits per heavy atom. The summed E-state index contributed by atoms with van der Waals surface area (Å²) >= 11 is 1.53. The fourth-order valence-corrected chi connectivity index (χ4v) is 1.47. The average molecular weight is 203 g/mol. The van der Waals surface area contributed by atoms with Crippen LogP contribution in [0.25, 0.3) is 11.3 Å². The fourth-order valence-electron chi connectivity index (χ4n) is 1.11. The van der Waals surface area contributed by atoms with Crippen molar-refractivity contribution in [3.05, 3.63) is 36.8 Å². The molecule has 0 N–H and O–H groups in total. The molecule has 0 unspecified atom stereocenters. The van der Waals surface area contributed by atoms with Gasteiger partial charge in [-0.05, 0) is 24.5 Å². The molecule has 2 aromatic rings. The maximum absolute atomic E-state index is 4.37. The third kappa shape index (κ3) is 1.90. The average Bonchev–Trinajstić information content (AvgIpc) is 2.30. The Balaban J connectivity index is 2.42. The van der Waals surface area contributed by atoms with Crippen LogP contribution in [0.15, 0.2) is 41.9 Å². The largest absolute Gasteiger partial charge is 0.264 e. The standard InChI is InChI=1S/C10H9N3S/c1-14-10-12-6-4-9(13-10)8-3-2-5-11-7-8/h2-7H,1H3. The van der Waals surface area contributed by atoms with Crippen molar-refractivity contribution < 1.29 is 0 Å². The molecule has 2 heterocycles. The first-order valence-electron chi connectivity index (χ1n) is 4.17. The summed E-state index contributed by atoms with van der Waals surface area (Å²) in [5, 5.41) is 0.784. The number of hydrogen-bond acceptors (Lipinski definition) is 4. The SMILES string of the molecule is CSc1nccc(-c2cccnc2)n1. The van der Waals surface area contributed by atoms with Crippen molar-refractivity contribution >= 4 is 11.8 Å². The Morgan fingerprint density at radius 3 is 2.86 bits per heavy atom. The number of pyridine rings is 1. The Morgan fingerprint density at radius 2 is 2.14 bits per heavy atom. The minimum Gasteiger partial charge on any atom is -0.264 e. The van der Waals surface area contributed by atoms with Crippen LogP contribution in [0.2, 0.25) is 0 Å². The Labute approximate surface area is 86.6 Å². The summed E-state index contributed by atoms with van der Waals surface area (Å²) in [6, 6.07) is 5.77. The van der Waals surface area contributed by atoms with Gasteiger partial charge in [-0.25, -0.2) is 9.97 Å². The second-order valence-electron chi connectivity index (χ2n) is 2.67. The molecule has 2 aromatic heterocycles. The molecular formula is C10H9N3S. The van der Waals surface area contributed by atoms with Crippen LogP contribution in [-0.4, -0.2) is 21.2 Å². The lowest BCUT2D eigenvalue weighted by Crippen LogP contribution is -1.88. The monoisotopic (exact) mass is 203 g/mol. The highest BCUT2D eigenvalue weighted by Gasteiger charge is 2.00. The van der Waals surface area contributed by atoms with Crippen LogP contribution in [0.5, 0.6) is 0 Å². The minimum absolute atomic E-state index is 0.784. The summed E-state index contributed by atoms with van der Waals surface area (Å²) in [7, 11) is 0. The molecule has 0 radical (unpaired) electrons. The van der Waals surface area contributed by atoms with Gasteiger partial charge in [0.15, 0.2) is 5.16 Å². The molecule has 3 nitrogen and oxygen atoms in total. The van der Waals surface area contributed by atoms with Gasteiger partial charge in [-0.2, -0.15) is 0 Å². The molecule has 0 fully saturated rings. The van der Waals surface area contributed by atoms with E-state index in [0.29, 0.717) is 0 Å². The molecule has 14 heavy (non-hydrogen) atoms. The summed E-state index contributed by atoms with van der Waals surface area (Å²) in [6.45, 7) is 0. The maximum Gasteiger partial charge on any atom is 0.187 e. The van der Waals surface area contributed by atoms with Crippen LogP contribution >= 0.6 is 11.8 Å². The molecular weight excluding hydrogens is 194 g/mol. The molecule has 0 aromatic carbocycles. The summed E-state index contributed by atoms with van der Waals surface area (Å²) in [5.41, 5.74) is 1.93. The van der Waals surface area contributed by atoms with E-state index in [0.717, 1.165) is 16.4 Å². The zero-order valence-corrected chi connectivity index (χ0v) is 8.53. The van der Waals surface area contributed by atoms with Crippen molar-refractivity contribution in [3.8, 4) is 11.3 Å². The predicted molar refractivity (Wildman–Crippen MR) is 57.0 cm³/mol. The number of aromatic nitrogens is 3. The van der Waals surface area contributed by atoms with Gasteiger partial charge in [-0.15, -0.1) is 0 Å². The smallest absolute Gasteiger partial charge is 0.187 e. The quantitative estimate of drug-likeness (QED) is 0.554. The van der Waals surface area contributed by atoms with E-state index in [1.54, 1.807) is 18.6 Å². The zero-order chi connectivity index (χ0) is 9.80. The van der Waals surface area contributed by atoms with Gasteiger partial charge in [0, 0.05) is 24.2 Å². The highest BCUT2D eigenvalue weighted by Crippen LogP contribution is 2.17. The minimum atomic E-state index is 0.784. The Bertz CT molecular complexity index is 417. The van der Waals surface area contributed by atoms with Crippen molar-refractivity contribution in [1.82, 2.24) is 15.0 Å². The maximum atomic E-state index is 4.37. The number of hydrogen-bond donors (Lipinski definition) is 0. The number of thioether (sulfide) groups is 1. The van der Waals surface area contributed by atoms with Crippen molar-refractivity contribution in [3.63, 3.8) is 0 Å². The first kappa shape index (κ1) is 9.15. The van der Waals surface area contributed by atoms with Crippen molar-refractivity contribution in [2.75, 3.05) is 6.26 Å². The van der Waals surface area contributed by atoms with Gasteiger partial charge in [0.2, 0.25) is 0 Å². The third-order valence-corrected chi connectivity index (χ3v) is 2.34. The fraction of sp³-hybridized carbons (Fsp3) is 0.100. The molecule has 0 atom stereocenters. The van der Waals surface area contributed by atoms with E-state index in [4.69, 9.17) is 0 Å². The summed E-state index contributed by atoms with van der Waals surface area (Å²) in [4.78, 5) is 12.5. The normalized spacial score (nSPS) is 10.1. The van der Waals surface area contributed by atoms with Gasteiger partial charge in [0.05, 0.1) is 5.69 Å². The van der Waals surface area contributed by atoms with E-state index in [-0.39, 0.29) is 0 Å². The Kier molecular flexibility index (Phi) is 2.74. The molecule has 0 saturated heterocycles. The van der Waals surface area contributed by atoms with E-state index < -0.39 is 0 Å². The highest BCUT2D eigenvalue weighted by molar-refractivity contribution is 7.98. The first-order chi connectivity index (χ1) is 6.90. The second kappa shape index (κ2) is 4.19. The van der Waals surface area contributed by atoms with Crippen LogP contribution in [-0.2, 0) is 0 Å². The molecule has 4 heteroatoms. The van der Waals surface area contributed by atoms with Gasteiger partial charge >= 0.3 is 0 Å². The highest BCUT2D eigenvalue weighted by atomic mass is 32.2. The van der Waals surface area contributed by atoms with Gasteiger partial charge < -0.3 is 0 Å². The van der Waals surface area contributed by atoms with Crippen molar-refractivity contribution in [2.24, 2.45) is 0 Å². The topological polar surface area (TPSA) is 38.7 Å². The van der Waals surface area contributed by atoms with Gasteiger partial charge in [0.1, 0.15) is 0 Å². The molecule has 0 saturated carbocycles. The van der Waals surface area contributed by atoms with Gasteiger partial charge in [-0.1, -0.05) is 11.8 Å². The van der Waals surface area contributed by atoms with Crippen LogP contribution < -0.4 is 0 Å². The van der Waals surface area contributed by atoms with E-state index in [1.807, 2.05) is 24.5 Å². The van der Waals surface area contributed by atoms with E-state index in [2.05, 4.69) is 15.0 Å².